The highest BCUT2D eigenvalue weighted by molar-refractivity contribution is 5.94. The molecule has 0 aromatic heterocycles. The van der Waals surface area contributed by atoms with Crippen LogP contribution < -0.4 is 5.32 Å². The van der Waals surface area contributed by atoms with E-state index in [0.29, 0.717) is 31.9 Å². The number of methoxy groups -OCH3 is 3. The van der Waals surface area contributed by atoms with Crippen molar-refractivity contribution in [2.24, 2.45) is 5.92 Å². The molecule has 0 bridgehead atoms. The number of carbonyl (C=O) groups is 1. The molecule has 1 N–H and O–H groups in total. The van der Waals surface area contributed by atoms with Gasteiger partial charge in [0, 0.05) is 39.4 Å². The summed E-state index contributed by atoms with van der Waals surface area (Å²) in [5, 5.41) is 2.94. The van der Waals surface area contributed by atoms with Crippen LogP contribution >= 0.6 is 0 Å². The summed E-state index contributed by atoms with van der Waals surface area (Å²) in [7, 11) is 4.94. The summed E-state index contributed by atoms with van der Waals surface area (Å²) in [6, 6.07) is 7.38. The van der Waals surface area contributed by atoms with E-state index in [0.717, 1.165) is 5.56 Å². The lowest BCUT2D eigenvalue weighted by Gasteiger charge is -2.36. The van der Waals surface area contributed by atoms with E-state index in [1.165, 1.54) is 0 Å². The van der Waals surface area contributed by atoms with Crippen molar-refractivity contribution in [1.82, 2.24) is 5.32 Å². The molecule has 1 fully saturated rings. The molecule has 1 aliphatic rings. The van der Waals surface area contributed by atoms with E-state index >= 15 is 0 Å². The summed E-state index contributed by atoms with van der Waals surface area (Å²) in [5.74, 6) is -0.0428. The normalized spacial score (nSPS) is 24.4. The van der Waals surface area contributed by atoms with Crippen LogP contribution in [0.15, 0.2) is 24.3 Å². The fourth-order valence-corrected chi connectivity index (χ4v) is 2.80. The van der Waals surface area contributed by atoms with Gasteiger partial charge < -0.3 is 24.3 Å². The number of ether oxygens (including phenoxy) is 4. The summed E-state index contributed by atoms with van der Waals surface area (Å²) in [4.78, 5) is 12.2. The average molecular weight is 323 g/mol. The molecule has 0 saturated carbocycles. The smallest absolute Gasteiger partial charge is 0.251 e. The Bertz CT molecular complexity index is 490. The molecule has 1 aromatic carbocycles. The first-order valence-corrected chi connectivity index (χ1v) is 7.69. The van der Waals surface area contributed by atoms with Gasteiger partial charge >= 0.3 is 0 Å². The van der Waals surface area contributed by atoms with E-state index in [4.69, 9.17) is 18.9 Å². The second-order valence-electron chi connectivity index (χ2n) is 5.61. The van der Waals surface area contributed by atoms with E-state index in [9.17, 15) is 4.79 Å². The first-order chi connectivity index (χ1) is 11.2. The van der Waals surface area contributed by atoms with Gasteiger partial charge in [0.1, 0.15) is 6.10 Å². The minimum Gasteiger partial charge on any atom is -0.380 e. The number of hydrogen-bond acceptors (Lipinski definition) is 5. The standard InChI is InChI=1S/C17H25NO5/c1-20-9-12-4-6-13(7-5-12)17(19)18-8-14-10-23-11-15(21-2)16(14)22-3/h4-7,14-16H,8-11H2,1-3H3,(H,18,19)/t14-,15-,16+/m1/s1. The van der Waals surface area contributed by atoms with Gasteiger partial charge in [-0.1, -0.05) is 12.1 Å². The van der Waals surface area contributed by atoms with Crippen molar-refractivity contribution in [2.45, 2.75) is 18.8 Å². The number of nitrogens with one attached hydrogen (secondary N) is 1. The highest BCUT2D eigenvalue weighted by atomic mass is 16.6. The quantitative estimate of drug-likeness (QED) is 0.818. The molecule has 0 aliphatic carbocycles. The van der Waals surface area contributed by atoms with Gasteiger partial charge in [-0.15, -0.1) is 0 Å². The van der Waals surface area contributed by atoms with Crippen LogP contribution in [-0.2, 0) is 25.6 Å². The number of carbonyl (C=O) groups excluding carboxylic acids is 1. The second kappa shape index (κ2) is 8.98. The Morgan fingerprint density at radius 2 is 1.91 bits per heavy atom. The van der Waals surface area contributed by atoms with Crippen LogP contribution in [0.1, 0.15) is 15.9 Å². The Hall–Kier alpha value is -1.47. The molecule has 1 aliphatic heterocycles. The molecule has 2 rings (SSSR count). The zero-order chi connectivity index (χ0) is 16.7. The molecule has 0 unspecified atom stereocenters. The SMILES string of the molecule is COCc1ccc(C(=O)NC[C@@H]2COC[C@@H](OC)[C@H]2OC)cc1. The molecular weight excluding hydrogens is 298 g/mol. The van der Waals surface area contributed by atoms with Crippen molar-refractivity contribution in [2.75, 3.05) is 41.1 Å². The first kappa shape index (κ1) is 17.9. The fourth-order valence-electron chi connectivity index (χ4n) is 2.80. The van der Waals surface area contributed by atoms with E-state index < -0.39 is 0 Å². The van der Waals surface area contributed by atoms with Gasteiger partial charge in [0.25, 0.3) is 5.91 Å². The monoisotopic (exact) mass is 323 g/mol. The summed E-state index contributed by atoms with van der Waals surface area (Å²) in [6.45, 7) is 2.08. The minimum absolute atomic E-state index is 0.0652. The molecule has 6 nitrogen and oxygen atoms in total. The van der Waals surface area contributed by atoms with Crippen molar-refractivity contribution < 1.29 is 23.7 Å². The molecule has 6 heteroatoms. The third-order valence-electron chi connectivity index (χ3n) is 4.07. The molecule has 1 saturated heterocycles. The van der Waals surface area contributed by atoms with Crippen molar-refractivity contribution in [3.05, 3.63) is 35.4 Å². The molecule has 1 amide bonds. The van der Waals surface area contributed by atoms with Crippen LogP contribution in [0.3, 0.4) is 0 Å². The summed E-state index contributed by atoms with van der Waals surface area (Å²) >= 11 is 0. The van der Waals surface area contributed by atoms with Crippen LogP contribution in [0.25, 0.3) is 0 Å². The van der Waals surface area contributed by atoms with E-state index in [1.54, 1.807) is 33.5 Å². The Morgan fingerprint density at radius 3 is 2.52 bits per heavy atom. The molecular formula is C17H25NO5. The molecule has 0 spiro atoms. The largest absolute Gasteiger partial charge is 0.380 e. The van der Waals surface area contributed by atoms with Gasteiger partial charge in [-0.3, -0.25) is 4.79 Å². The van der Waals surface area contributed by atoms with Gasteiger partial charge in [-0.2, -0.15) is 0 Å². The van der Waals surface area contributed by atoms with Crippen molar-refractivity contribution in [1.29, 1.82) is 0 Å². The zero-order valence-corrected chi connectivity index (χ0v) is 13.9. The maximum Gasteiger partial charge on any atom is 0.251 e. The van der Waals surface area contributed by atoms with Gasteiger partial charge in [-0.05, 0) is 17.7 Å². The second-order valence-corrected chi connectivity index (χ2v) is 5.61. The minimum atomic E-state index is -0.108. The first-order valence-electron chi connectivity index (χ1n) is 7.69. The Morgan fingerprint density at radius 1 is 1.17 bits per heavy atom. The van der Waals surface area contributed by atoms with Gasteiger partial charge in [0.2, 0.25) is 0 Å². The average Bonchev–Trinajstić information content (AvgIpc) is 2.60. The molecule has 1 aromatic rings. The predicted molar refractivity (Wildman–Crippen MR) is 85.4 cm³/mol. The highest BCUT2D eigenvalue weighted by Gasteiger charge is 2.34. The van der Waals surface area contributed by atoms with Crippen molar-refractivity contribution in [3.63, 3.8) is 0 Å². The maximum atomic E-state index is 12.2. The molecule has 0 radical (unpaired) electrons. The van der Waals surface area contributed by atoms with Crippen LogP contribution in [0.2, 0.25) is 0 Å². The van der Waals surface area contributed by atoms with E-state index in [2.05, 4.69) is 5.32 Å². The van der Waals surface area contributed by atoms with Crippen LogP contribution in [0, 0.1) is 5.92 Å². The maximum absolute atomic E-state index is 12.2. The number of rotatable bonds is 7. The van der Waals surface area contributed by atoms with Gasteiger partial charge in [0.15, 0.2) is 0 Å². The number of amides is 1. The van der Waals surface area contributed by atoms with E-state index in [-0.39, 0.29) is 24.0 Å². The zero-order valence-electron chi connectivity index (χ0n) is 13.9. The fraction of sp³-hybridized carbons (Fsp3) is 0.588. The van der Waals surface area contributed by atoms with Gasteiger partial charge in [-0.25, -0.2) is 0 Å². The van der Waals surface area contributed by atoms with Crippen LogP contribution in [0.4, 0.5) is 0 Å². The Balaban J connectivity index is 1.90. The van der Waals surface area contributed by atoms with Crippen LogP contribution in [0.5, 0.6) is 0 Å². The lowest BCUT2D eigenvalue weighted by molar-refractivity contribution is -0.145. The molecule has 3 atom stereocenters. The summed E-state index contributed by atoms with van der Waals surface area (Å²) < 4.78 is 21.5. The van der Waals surface area contributed by atoms with Crippen molar-refractivity contribution >= 4 is 5.91 Å². The topological polar surface area (TPSA) is 66.0 Å². The van der Waals surface area contributed by atoms with Gasteiger partial charge in [0.05, 0.1) is 25.9 Å². The third-order valence-corrected chi connectivity index (χ3v) is 4.07. The number of hydrogen-bond donors (Lipinski definition) is 1. The van der Waals surface area contributed by atoms with E-state index in [1.807, 2.05) is 12.1 Å². The Kier molecular flexibility index (Phi) is 6.98. The Labute approximate surface area is 137 Å². The molecule has 128 valence electrons. The van der Waals surface area contributed by atoms with Crippen LogP contribution in [-0.4, -0.2) is 59.2 Å². The predicted octanol–water partition coefficient (Wildman–Crippen LogP) is 1.24. The lowest BCUT2D eigenvalue weighted by Crippen LogP contribution is -2.50. The molecule has 1 heterocycles. The highest BCUT2D eigenvalue weighted by Crippen LogP contribution is 2.20. The third kappa shape index (κ3) is 4.75. The van der Waals surface area contributed by atoms with Crippen molar-refractivity contribution in [3.8, 4) is 0 Å². The number of benzene rings is 1. The summed E-state index contributed by atoms with van der Waals surface area (Å²) in [6.07, 6.45) is -0.192. The molecule has 23 heavy (non-hydrogen) atoms. The summed E-state index contributed by atoms with van der Waals surface area (Å²) in [5.41, 5.74) is 1.66. The lowest BCUT2D eigenvalue weighted by atomic mass is 9.96.